The summed E-state index contributed by atoms with van der Waals surface area (Å²) < 4.78 is 5.50. The van der Waals surface area contributed by atoms with Gasteiger partial charge in [0.2, 0.25) is 5.78 Å². The maximum Gasteiger partial charge on any atom is 0.335 e. The first-order valence-corrected chi connectivity index (χ1v) is 6.56. The number of fused-ring (bicyclic) bond motifs is 4. The Morgan fingerprint density at radius 1 is 0.955 bits per heavy atom. The highest BCUT2D eigenvalue weighted by atomic mass is 16.4. The molecule has 22 heavy (non-hydrogen) atoms. The fourth-order valence-electron chi connectivity index (χ4n) is 2.75. The lowest BCUT2D eigenvalue weighted by molar-refractivity contribution is 0.0696. The molecule has 1 aromatic heterocycles. The Hall–Kier alpha value is -3.21. The average molecular weight is 292 g/mol. The summed E-state index contributed by atoms with van der Waals surface area (Å²) in [6, 6.07) is 10.7. The molecule has 5 nitrogen and oxygen atoms in total. The summed E-state index contributed by atoms with van der Waals surface area (Å²) in [5, 5.41) is 9.43. The molecule has 3 aromatic rings. The number of hydrogen-bond donors (Lipinski definition) is 1. The molecule has 0 radical (unpaired) electrons. The number of benzene rings is 2. The van der Waals surface area contributed by atoms with Gasteiger partial charge in [-0.1, -0.05) is 24.3 Å². The lowest BCUT2D eigenvalue weighted by atomic mass is 9.87. The minimum atomic E-state index is -1.10. The number of carboxylic acids is 1. The van der Waals surface area contributed by atoms with E-state index in [1.54, 1.807) is 24.3 Å². The minimum absolute atomic E-state index is 0.0266. The zero-order chi connectivity index (χ0) is 15.4. The van der Waals surface area contributed by atoms with Crippen molar-refractivity contribution in [1.82, 2.24) is 0 Å². The standard InChI is InChI=1S/C17H8O5/c18-14-9-3-1-2-4-10(9)15(19)16-13(14)11-7-8(17(20)21)5-6-12(11)22-16/h1-7H,(H,20,21). The van der Waals surface area contributed by atoms with E-state index in [-0.39, 0.29) is 28.5 Å². The molecule has 0 fully saturated rings. The van der Waals surface area contributed by atoms with E-state index >= 15 is 0 Å². The third-order valence-corrected chi connectivity index (χ3v) is 3.78. The smallest absolute Gasteiger partial charge is 0.335 e. The van der Waals surface area contributed by atoms with Crippen LogP contribution >= 0.6 is 0 Å². The van der Waals surface area contributed by atoms with Crippen molar-refractivity contribution < 1.29 is 23.9 Å². The molecule has 1 heterocycles. The first kappa shape index (κ1) is 12.5. The second-order valence-corrected chi connectivity index (χ2v) is 5.03. The number of ketones is 2. The molecule has 0 amide bonds. The predicted molar refractivity (Wildman–Crippen MR) is 76.5 cm³/mol. The van der Waals surface area contributed by atoms with E-state index in [1.807, 2.05) is 0 Å². The molecule has 0 saturated heterocycles. The van der Waals surface area contributed by atoms with Gasteiger partial charge in [0.15, 0.2) is 11.5 Å². The third-order valence-electron chi connectivity index (χ3n) is 3.78. The normalized spacial score (nSPS) is 13.1. The topological polar surface area (TPSA) is 84.6 Å². The zero-order valence-corrected chi connectivity index (χ0v) is 11.1. The molecule has 1 aliphatic rings. The molecule has 0 bridgehead atoms. The average Bonchev–Trinajstić information content (AvgIpc) is 2.91. The molecule has 0 spiro atoms. The van der Waals surface area contributed by atoms with E-state index in [4.69, 9.17) is 9.52 Å². The molecule has 2 aromatic carbocycles. The van der Waals surface area contributed by atoms with E-state index < -0.39 is 5.97 Å². The summed E-state index contributed by atoms with van der Waals surface area (Å²) in [6.07, 6.45) is 0. The zero-order valence-electron chi connectivity index (χ0n) is 11.1. The van der Waals surface area contributed by atoms with Gasteiger partial charge < -0.3 is 9.52 Å². The van der Waals surface area contributed by atoms with E-state index in [2.05, 4.69) is 0 Å². The van der Waals surface area contributed by atoms with Gasteiger partial charge in [0.05, 0.1) is 11.1 Å². The summed E-state index contributed by atoms with van der Waals surface area (Å²) in [7, 11) is 0. The van der Waals surface area contributed by atoms with Gasteiger partial charge in [-0.25, -0.2) is 4.79 Å². The summed E-state index contributed by atoms with van der Waals surface area (Å²) >= 11 is 0. The molecule has 106 valence electrons. The van der Waals surface area contributed by atoms with Crippen molar-refractivity contribution in [2.75, 3.05) is 0 Å². The molecule has 0 aliphatic heterocycles. The summed E-state index contributed by atoms with van der Waals surface area (Å²) in [5.41, 5.74) is 1.11. The Labute approximate surface area is 123 Å². The predicted octanol–water partition coefficient (Wildman–Crippen LogP) is 2.91. The van der Waals surface area contributed by atoms with Gasteiger partial charge in [0.1, 0.15) is 5.58 Å². The number of aromatic carboxylic acids is 1. The van der Waals surface area contributed by atoms with Crippen LogP contribution in [0.5, 0.6) is 0 Å². The van der Waals surface area contributed by atoms with Gasteiger partial charge in [-0.2, -0.15) is 0 Å². The van der Waals surface area contributed by atoms with Gasteiger partial charge in [-0.05, 0) is 18.2 Å². The Balaban J connectivity index is 2.07. The van der Waals surface area contributed by atoms with Crippen LogP contribution in [0.25, 0.3) is 11.0 Å². The highest BCUT2D eigenvalue weighted by molar-refractivity contribution is 6.31. The van der Waals surface area contributed by atoms with Gasteiger partial charge in [0.25, 0.3) is 0 Å². The molecule has 0 atom stereocenters. The Kier molecular flexibility index (Phi) is 2.36. The van der Waals surface area contributed by atoms with Gasteiger partial charge in [-0.3, -0.25) is 9.59 Å². The van der Waals surface area contributed by atoms with Crippen molar-refractivity contribution >= 4 is 28.5 Å². The summed E-state index contributed by atoms with van der Waals surface area (Å²) in [6.45, 7) is 0. The maximum absolute atomic E-state index is 12.7. The van der Waals surface area contributed by atoms with Crippen LogP contribution in [0.4, 0.5) is 0 Å². The van der Waals surface area contributed by atoms with Crippen LogP contribution in [0.2, 0.25) is 0 Å². The van der Waals surface area contributed by atoms with E-state index in [1.165, 1.54) is 18.2 Å². The first-order chi connectivity index (χ1) is 10.6. The lowest BCUT2D eigenvalue weighted by Gasteiger charge is -2.12. The molecule has 0 unspecified atom stereocenters. The van der Waals surface area contributed by atoms with E-state index in [0.29, 0.717) is 22.1 Å². The number of rotatable bonds is 1. The van der Waals surface area contributed by atoms with Crippen LogP contribution < -0.4 is 0 Å². The molecule has 5 heteroatoms. The van der Waals surface area contributed by atoms with Gasteiger partial charge in [-0.15, -0.1) is 0 Å². The fourth-order valence-corrected chi connectivity index (χ4v) is 2.75. The highest BCUT2D eigenvalue weighted by Crippen LogP contribution is 2.35. The number of hydrogen-bond acceptors (Lipinski definition) is 4. The second kappa shape index (κ2) is 4.14. The van der Waals surface area contributed by atoms with Crippen LogP contribution in [0, 0.1) is 0 Å². The van der Waals surface area contributed by atoms with E-state index in [9.17, 15) is 14.4 Å². The van der Waals surface area contributed by atoms with Crippen molar-refractivity contribution in [3.8, 4) is 0 Å². The maximum atomic E-state index is 12.7. The van der Waals surface area contributed by atoms with Crippen molar-refractivity contribution in [3.05, 3.63) is 70.5 Å². The van der Waals surface area contributed by atoms with Crippen LogP contribution in [0.15, 0.2) is 46.9 Å². The first-order valence-electron chi connectivity index (χ1n) is 6.56. The SMILES string of the molecule is O=C(O)c1ccc2oc3c(c2c1)C(=O)c1ccccc1C3=O. The number of carbonyl (C=O) groups is 3. The molecule has 4 rings (SSSR count). The molecule has 1 N–H and O–H groups in total. The lowest BCUT2D eigenvalue weighted by Crippen LogP contribution is -2.19. The largest absolute Gasteiger partial charge is 0.478 e. The Morgan fingerprint density at radius 3 is 2.32 bits per heavy atom. The molecule has 0 saturated carbocycles. The fraction of sp³-hybridized carbons (Fsp3) is 0. The van der Waals surface area contributed by atoms with Gasteiger partial charge in [0, 0.05) is 16.5 Å². The third kappa shape index (κ3) is 1.50. The van der Waals surface area contributed by atoms with Crippen LogP contribution in [0.1, 0.15) is 42.4 Å². The van der Waals surface area contributed by atoms with Crippen LogP contribution in [0.3, 0.4) is 0 Å². The minimum Gasteiger partial charge on any atom is -0.478 e. The Morgan fingerprint density at radius 2 is 1.64 bits per heavy atom. The number of furan rings is 1. The molecule has 1 aliphatic carbocycles. The highest BCUT2D eigenvalue weighted by Gasteiger charge is 2.34. The quantitative estimate of drug-likeness (QED) is 0.583. The van der Waals surface area contributed by atoms with Gasteiger partial charge >= 0.3 is 5.97 Å². The summed E-state index contributed by atoms with van der Waals surface area (Å²) in [5.74, 6) is -1.82. The monoisotopic (exact) mass is 292 g/mol. The van der Waals surface area contributed by atoms with E-state index in [0.717, 1.165) is 0 Å². The van der Waals surface area contributed by atoms with Crippen molar-refractivity contribution in [3.63, 3.8) is 0 Å². The second-order valence-electron chi connectivity index (χ2n) is 5.03. The van der Waals surface area contributed by atoms with Crippen molar-refractivity contribution in [2.45, 2.75) is 0 Å². The summed E-state index contributed by atoms with van der Waals surface area (Å²) in [4.78, 5) is 36.2. The van der Waals surface area contributed by atoms with Crippen molar-refractivity contribution in [1.29, 1.82) is 0 Å². The van der Waals surface area contributed by atoms with Crippen LogP contribution in [-0.4, -0.2) is 22.6 Å². The molecular weight excluding hydrogens is 284 g/mol. The number of carboxylic acid groups (broad SMARTS) is 1. The Bertz CT molecular complexity index is 993. The van der Waals surface area contributed by atoms with Crippen LogP contribution in [-0.2, 0) is 0 Å². The molecular formula is C17H8O5. The van der Waals surface area contributed by atoms with Crippen molar-refractivity contribution in [2.24, 2.45) is 0 Å². The number of carbonyl (C=O) groups excluding carboxylic acids is 2.